The van der Waals surface area contributed by atoms with Crippen LogP contribution in [-0.2, 0) is 9.59 Å². The second-order valence-electron chi connectivity index (χ2n) is 1.67. The van der Waals surface area contributed by atoms with Crippen LogP contribution in [0.25, 0.3) is 0 Å². The van der Waals surface area contributed by atoms with Gasteiger partial charge in [-0.25, -0.2) is 7.42 Å². The molecule has 0 saturated carbocycles. The number of carbonyl (C=O) groups excluding carboxylic acids is 2. The Bertz CT molecular complexity index is 180. The van der Waals surface area contributed by atoms with Gasteiger partial charge in [0, 0.05) is 22.0 Å². The molecular weight excluding hydrogens is 288 g/mol. The molecule has 0 aliphatic heterocycles. The highest BCUT2D eigenvalue weighted by atomic mass is 33.1. The van der Waals surface area contributed by atoms with Gasteiger partial charge in [-0.1, -0.05) is 49.0 Å². The zero-order valence-electron chi connectivity index (χ0n) is 6.02. The molecule has 0 aromatic carbocycles. The molecule has 0 bridgehead atoms. The van der Waals surface area contributed by atoms with Crippen molar-refractivity contribution in [3.05, 3.63) is 0 Å². The van der Waals surface area contributed by atoms with Gasteiger partial charge in [0.15, 0.2) is 0 Å². The van der Waals surface area contributed by atoms with Gasteiger partial charge in [0.1, 0.15) is 6.42 Å². The molecule has 2 amide bonds. The highest BCUT2D eigenvalue weighted by Gasteiger charge is 2.18. The van der Waals surface area contributed by atoms with Gasteiger partial charge in [0.2, 0.25) is 0 Å². The molecule has 0 N–H and O–H groups in total. The van der Waals surface area contributed by atoms with Gasteiger partial charge in [-0.15, -0.1) is 0 Å². The van der Waals surface area contributed by atoms with Crippen LogP contribution >= 0.6 is 70.9 Å². The Kier molecular flexibility index (Phi) is 7.93. The van der Waals surface area contributed by atoms with E-state index in [9.17, 15) is 9.59 Å². The molecule has 0 aliphatic rings. The molecule has 0 aromatic heterocycles. The average Bonchev–Trinajstić information content (AvgIpc) is 2.14. The number of carbonyl (C=O) groups is 2. The molecule has 0 saturated heterocycles. The molecule has 0 spiro atoms. The lowest BCUT2D eigenvalue weighted by molar-refractivity contribution is -0.131. The van der Waals surface area contributed by atoms with Gasteiger partial charge in [0.25, 0.3) is 11.8 Å². The van der Waals surface area contributed by atoms with E-state index in [1.807, 2.05) is 0 Å². The normalized spacial score (nSPS) is 9.54. The summed E-state index contributed by atoms with van der Waals surface area (Å²) in [5, 5.41) is 0. The maximum Gasteiger partial charge on any atom is 0.252 e. The van der Waals surface area contributed by atoms with Crippen molar-refractivity contribution in [1.82, 2.24) is 7.42 Å². The van der Waals surface area contributed by atoms with Gasteiger partial charge in [-0.05, 0) is 0 Å². The maximum absolute atomic E-state index is 11.1. The van der Waals surface area contributed by atoms with Crippen LogP contribution in [0.1, 0.15) is 6.42 Å². The fourth-order valence-corrected chi connectivity index (χ4v) is 1.35. The summed E-state index contributed by atoms with van der Waals surface area (Å²) in [5.41, 5.74) is 0. The summed E-state index contributed by atoms with van der Waals surface area (Å²) >= 11 is 15.0. The van der Waals surface area contributed by atoms with Crippen molar-refractivity contribution in [1.29, 1.82) is 0 Å². The summed E-state index contributed by atoms with van der Waals surface area (Å²) in [4.78, 5) is 22.1. The van der Waals surface area contributed by atoms with Crippen LogP contribution in [0.2, 0.25) is 0 Å². The lowest BCUT2D eigenvalue weighted by Gasteiger charge is -2.12. The SMILES string of the molecule is O=C(CC(=O)N(S)SS)N(S)SS. The Morgan fingerprint density at radius 1 is 1.00 bits per heavy atom. The Balaban J connectivity index is 3.99. The van der Waals surface area contributed by atoms with Gasteiger partial charge in [-0.3, -0.25) is 9.59 Å². The van der Waals surface area contributed by atoms with E-state index in [-0.39, 0.29) is 6.42 Å². The molecule has 0 heterocycles. The second kappa shape index (κ2) is 7.35. The van der Waals surface area contributed by atoms with Crippen LogP contribution in [-0.4, -0.2) is 19.2 Å². The Hall–Kier alpha value is 1.04. The third kappa shape index (κ3) is 5.47. The Morgan fingerprint density at radius 2 is 1.31 bits per heavy atom. The van der Waals surface area contributed by atoms with Gasteiger partial charge < -0.3 is 0 Å². The molecule has 0 radical (unpaired) electrons. The van der Waals surface area contributed by atoms with Crippen molar-refractivity contribution in [3.8, 4) is 0 Å². The van der Waals surface area contributed by atoms with Gasteiger partial charge in [0.05, 0.1) is 0 Å². The predicted molar refractivity (Wildman–Crippen MR) is 69.4 cm³/mol. The largest absolute Gasteiger partial charge is 0.272 e. The van der Waals surface area contributed by atoms with E-state index in [0.717, 1.165) is 29.4 Å². The zero-order chi connectivity index (χ0) is 10.4. The fraction of sp³-hybridized carbons (Fsp3) is 0.333. The number of thiol groups is 4. The molecule has 10 heteroatoms. The average molecular weight is 294 g/mol. The molecule has 0 aliphatic carbocycles. The third-order valence-corrected chi connectivity index (χ3v) is 4.29. The first-order valence-electron chi connectivity index (χ1n) is 2.69. The van der Waals surface area contributed by atoms with Gasteiger partial charge in [-0.2, -0.15) is 0 Å². The monoisotopic (exact) mass is 294 g/mol. The molecule has 76 valence electrons. The van der Waals surface area contributed by atoms with Crippen LogP contribution < -0.4 is 0 Å². The fourth-order valence-electron chi connectivity index (χ4n) is 0.356. The van der Waals surface area contributed by atoms with Crippen LogP contribution in [0.3, 0.4) is 0 Å². The standard InChI is InChI=1S/C3H6N2O2S6/c6-2(4(8)12-10)1-3(7)5(9)13-11/h8-11H,1H2. The Morgan fingerprint density at radius 3 is 1.54 bits per heavy atom. The Labute approximate surface area is 106 Å². The number of nitrogens with zero attached hydrogens (tertiary/aromatic N) is 2. The van der Waals surface area contributed by atoms with E-state index in [0.29, 0.717) is 0 Å². The first-order chi connectivity index (χ1) is 6.02. The van der Waals surface area contributed by atoms with Crippen molar-refractivity contribution in [3.63, 3.8) is 0 Å². The summed E-state index contributed by atoms with van der Waals surface area (Å²) in [6.07, 6.45) is -0.311. The summed E-state index contributed by atoms with van der Waals surface area (Å²) < 4.78 is 1.90. The molecule has 0 aromatic rings. The molecule has 13 heavy (non-hydrogen) atoms. The molecule has 0 unspecified atom stereocenters. The van der Waals surface area contributed by atoms with Crippen molar-refractivity contribution in [2.24, 2.45) is 0 Å². The third-order valence-electron chi connectivity index (χ3n) is 0.884. The number of hydrogen-bond acceptors (Lipinski definition) is 8. The lowest BCUT2D eigenvalue weighted by Crippen LogP contribution is -2.22. The number of amides is 2. The maximum atomic E-state index is 11.1. The smallest absolute Gasteiger partial charge is 0.252 e. The van der Waals surface area contributed by atoms with Gasteiger partial charge >= 0.3 is 0 Å². The van der Waals surface area contributed by atoms with Crippen LogP contribution in [0, 0.1) is 0 Å². The number of hydrogen-bond donors (Lipinski definition) is 4. The molecule has 0 atom stereocenters. The van der Waals surface area contributed by atoms with Crippen LogP contribution in [0.5, 0.6) is 0 Å². The topological polar surface area (TPSA) is 40.6 Å². The van der Waals surface area contributed by atoms with E-state index in [1.165, 1.54) is 0 Å². The quantitative estimate of drug-likeness (QED) is 0.276. The summed E-state index contributed by atoms with van der Waals surface area (Å²) in [5.74, 6) is -0.926. The lowest BCUT2D eigenvalue weighted by atomic mass is 10.4. The minimum Gasteiger partial charge on any atom is -0.272 e. The molecule has 0 rings (SSSR count). The highest BCUT2D eigenvalue weighted by molar-refractivity contribution is 8.69. The second-order valence-corrected chi connectivity index (χ2v) is 5.05. The summed E-state index contributed by atoms with van der Waals surface area (Å²) in [7, 11) is 1.63. The zero-order valence-corrected chi connectivity index (χ0v) is 11.2. The van der Waals surface area contributed by atoms with Crippen molar-refractivity contribution in [2.45, 2.75) is 6.42 Å². The van der Waals surface area contributed by atoms with Crippen molar-refractivity contribution >= 4 is 82.7 Å². The van der Waals surface area contributed by atoms with Crippen LogP contribution in [0.4, 0.5) is 0 Å². The van der Waals surface area contributed by atoms with E-state index in [1.54, 1.807) is 0 Å². The van der Waals surface area contributed by atoms with Crippen molar-refractivity contribution in [2.75, 3.05) is 0 Å². The first kappa shape index (κ1) is 14.0. The van der Waals surface area contributed by atoms with E-state index in [4.69, 9.17) is 0 Å². The number of rotatable bonds is 4. The summed E-state index contributed by atoms with van der Waals surface area (Å²) in [6.45, 7) is 0. The highest BCUT2D eigenvalue weighted by Crippen LogP contribution is 2.21. The summed E-state index contributed by atoms with van der Waals surface area (Å²) in [6, 6.07) is 0. The van der Waals surface area contributed by atoms with E-state index in [2.05, 4.69) is 49.0 Å². The minimum atomic E-state index is -0.463. The van der Waals surface area contributed by atoms with E-state index < -0.39 is 11.8 Å². The van der Waals surface area contributed by atoms with E-state index >= 15 is 0 Å². The molecule has 0 fully saturated rings. The molecular formula is C3H6N2O2S6. The minimum absolute atomic E-state index is 0.311. The first-order valence-corrected chi connectivity index (χ1v) is 7.14. The van der Waals surface area contributed by atoms with Crippen molar-refractivity contribution < 1.29 is 9.59 Å². The molecule has 4 nitrogen and oxygen atoms in total. The predicted octanol–water partition coefficient (Wildman–Crippen LogP) is 1.71. The van der Waals surface area contributed by atoms with Crippen LogP contribution in [0.15, 0.2) is 0 Å².